The van der Waals surface area contributed by atoms with E-state index in [2.05, 4.69) is 54.5 Å². The average molecular weight is 429 g/mol. The molecule has 0 bridgehead atoms. The molecule has 0 heterocycles. The molecule has 4 aliphatic rings. The number of allylic oxidation sites excluding steroid dienone is 1. The maximum Gasteiger partial charge on any atom is 0.0616 e. The quantitative estimate of drug-likeness (QED) is 0.368. The van der Waals surface area contributed by atoms with Gasteiger partial charge in [0.1, 0.15) is 0 Å². The van der Waals surface area contributed by atoms with Crippen LogP contribution in [0.1, 0.15) is 119 Å². The largest absolute Gasteiger partial charge is 0.375 e. The van der Waals surface area contributed by atoms with Crippen LogP contribution in [0, 0.1) is 46.3 Å². The second-order valence-electron chi connectivity index (χ2n) is 13.3. The van der Waals surface area contributed by atoms with E-state index in [0.29, 0.717) is 23.0 Å². The molecule has 1 heteroatoms. The Labute approximate surface area is 194 Å². The van der Waals surface area contributed by atoms with E-state index in [1.54, 1.807) is 5.57 Å². The maximum absolute atomic E-state index is 6.25. The number of hydrogen-bond acceptors (Lipinski definition) is 1. The maximum atomic E-state index is 6.25. The first-order valence-electron chi connectivity index (χ1n) is 14.0. The lowest BCUT2D eigenvalue weighted by Gasteiger charge is -2.58. The molecule has 0 spiro atoms. The van der Waals surface area contributed by atoms with E-state index in [4.69, 9.17) is 4.74 Å². The van der Waals surface area contributed by atoms with Gasteiger partial charge in [-0.15, -0.1) is 0 Å². The molecule has 4 rings (SSSR count). The molecule has 3 fully saturated rings. The molecule has 0 amide bonds. The molecule has 178 valence electrons. The van der Waals surface area contributed by atoms with Crippen molar-refractivity contribution in [3.05, 3.63) is 11.6 Å². The lowest BCUT2D eigenvalue weighted by molar-refractivity contribution is -0.0707. The van der Waals surface area contributed by atoms with Crippen molar-refractivity contribution in [3.63, 3.8) is 0 Å². The normalized spacial score (nSPS) is 43.4. The molecular weight excluding hydrogens is 376 g/mol. The van der Waals surface area contributed by atoms with E-state index in [1.807, 2.05) is 0 Å². The first-order chi connectivity index (χ1) is 14.6. The molecule has 0 aromatic rings. The minimum atomic E-state index is 0.361. The van der Waals surface area contributed by atoms with Crippen LogP contribution in [0.4, 0.5) is 0 Å². The topological polar surface area (TPSA) is 9.23 Å². The van der Waals surface area contributed by atoms with Crippen molar-refractivity contribution in [2.24, 2.45) is 46.3 Å². The van der Waals surface area contributed by atoms with Crippen molar-refractivity contribution >= 4 is 0 Å². The van der Waals surface area contributed by atoms with Crippen molar-refractivity contribution in [2.45, 2.75) is 131 Å². The smallest absolute Gasteiger partial charge is 0.0616 e. The molecule has 0 N–H and O–H groups in total. The lowest BCUT2D eigenvalue weighted by Crippen LogP contribution is -2.51. The molecule has 0 aliphatic heterocycles. The molecule has 3 saturated carbocycles. The Balaban J connectivity index is 1.46. The Hall–Kier alpha value is -0.300. The highest BCUT2D eigenvalue weighted by molar-refractivity contribution is 5.25. The second kappa shape index (κ2) is 9.15. The third-order valence-electron chi connectivity index (χ3n) is 10.7. The summed E-state index contributed by atoms with van der Waals surface area (Å²) in [6.45, 7) is 17.1. The minimum absolute atomic E-state index is 0.361. The van der Waals surface area contributed by atoms with E-state index in [9.17, 15) is 0 Å². The summed E-state index contributed by atoms with van der Waals surface area (Å²) in [5.74, 6) is 5.60. The molecule has 0 aromatic carbocycles. The predicted octanol–water partition coefficient (Wildman–Crippen LogP) is 8.82. The summed E-state index contributed by atoms with van der Waals surface area (Å²) in [7, 11) is 0. The Morgan fingerprint density at radius 1 is 0.935 bits per heavy atom. The zero-order valence-corrected chi connectivity index (χ0v) is 21.9. The van der Waals surface area contributed by atoms with Gasteiger partial charge in [-0.25, -0.2) is 0 Å². The van der Waals surface area contributed by atoms with Crippen LogP contribution < -0.4 is 0 Å². The summed E-state index contributed by atoms with van der Waals surface area (Å²) in [6.07, 6.45) is 19.0. The average Bonchev–Trinajstić information content (AvgIpc) is 3.05. The van der Waals surface area contributed by atoms with Gasteiger partial charge >= 0.3 is 0 Å². The SMILES string of the molecule is CC(C)CCC[C@H](C)[C@@H]1CC[C@@H]2[C@H]3CC=C4C[C@@H](OC(C)C)CC[C@]4(C)[C@@H]3CC[C@@]21C. The van der Waals surface area contributed by atoms with Crippen LogP contribution >= 0.6 is 0 Å². The highest BCUT2D eigenvalue weighted by Gasteiger charge is 2.59. The molecule has 0 radical (unpaired) electrons. The van der Waals surface area contributed by atoms with Crippen LogP contribution in [0.2, 0.25) is 0 Å². The van der Waals surface area contributed by atoms with Crippen LogP contribution in [0.15, 0.2) is 11.6 Å². The van der Waals surface area contributed by atoms with Crippen molar-refractivity contribution in [1.29, 1.82) is 0 Å². The van der Waals surface area contributed by atoms with Crippen LogP contribution in [-0.2, 0) is 4.74 Å². The predicted molar refractivity (Wildman–Crippen MR) is 133 cm³/mol. The summed E-state index contributed by atoms with van der Waals surface area (Å²) in [5.41, 5.74) is 2.84. The fraction of sp³-hybridized carbons (Fsp3) is 0.933. The molecule has 0 unspecified atom stereocenters. The molecule has 1 nitrogen and oxygen atoms in total. The van der Waals surface area contributed by atoms with Crippen LogP contribution in [0.3, 0.4) is 0 Å². The molecule has 0 saturated heterocycles. The van der Waals surface area contributed by atoms with Crippen LogP contribution in [0.25, 0.3) is 0 Å². The zero-order valence-electron chi connectivity index (χ0n) is 21.9. The Morgan fingerprint density at radius 3 is 2.42 bits per heavy atom. The van der Waals surface area contributed by atoms with Crippen molar-refractivity contribution < 1.29 is 4.74 Å². The van der Waals surface area contributed by atoms with Gasteiger partial charge in [0.2, 0.25) is 0 Å². The van der Waals surface area contributed by atoms with Crippen molar-refractivity contribution in [2.75, 3.05) is 0 Å². The molecule has 4 aliphatic carbocycles. The van der Waals surface area contributed by atoms with Gasteiger partial charge in [0.05, 0.1) is 12.2 Å². The first-order valence-corrected chi connectivity index (χ1v) is 14.0. The number of rotatable bonds is 7. The monoisotopic (exact) mass is 428 g/mol. The second-order valence-corrected chi connectivity index (χ2v) is 13.3. The highest BCUT2D eigenvalue weighted by atomic mass is 16.5. The fourth-order valence-electron chi connectivity index (χ4n) is 9.15. The van der Waals surface area contributed by atoms with Gasteiger partial charge in [0, 0.05) is 0 Å². The van der Waals surface area contributed by atoms with Gasteiger partial charge in [-0.2, -0.15) is 0 Å². The van der Waals surface area contributed by atoms with E-state index < -0.39 is 0 Å². The van der Waals surface area contributed by atoms with Gasteiger partial charge in [-0.05, 0) is 112 Å². The van der Waals surface area contributed by atoms with Gasteiger partial charge in [-0.3, -0.25) is 0 Å². The van der Waals surface area contributed by atoms with Crippen LogP contribution in [0.5, 0.6) is 0 Å². The van der Waals surface area contributed by atoms with Gasteiger partial charge < -0.3 is 4.74 Å². The summed E-state index contributed by atoms with van der Waals surface area (Å²) < 4.78 is 6.25. The Kier molecular flexibility index (Phi) is 7.04. The minimum Gasteiger partial charge on any atom is -0.375 e. The van der Waals surface area contributed by atoms with Crippen molar-refractivity contribution in [1.82, 2.24) is 0 Å². The molecular formula is C30H52O. The van der Waals surface area contributed by atoms with Gasteiger partial charge in [0.25, 0.3) is 0 Å². The summed E-state index contributed by atoms with van der Waals surface area (Å²) in [6, 6.07) is 0. The summed E-state index contributed by atoms with van der Waals surface area (Å²) in [4.78, 5) is 0. The Morgan fingerprint density at radius 2 is 1.71 bits per heavy atom. The van der Waals surface area contributed by atoms with Crippen molar-refractivity contribution in [3.8, 4) is 0 Å². The first kappa shape index (κ1) is 23.8. The number of hydrogen-bond donors (Lipinski definition) is 0. The number of fused-ring (bicyclic) bond motifs is 5. The van der Waals surface area contributed by atoms with E-state index in [1.165, 1.54) is 70.6 Å². The fourth-order valence-corrected chi connectivity index (χ4v) is 9.15. The highest BCUT2D eigenvalue weighted by Crippen LogP contribution is 2.67. The van der Waals surface area contributed by atoms with Gasteiger partial charge in [-0.1, -0.05) is 65.5 Å². The zero-order chi connectivity index (χ0) is 22.4. The van der Waals surface area contributed by atoms with E-state index in [-0.39, 0.29) is 0 Å². The Bertz CT molecular complexity index is 647. The van der Waals surface area contributed by atoms with Gasteiger partial charge in [0.15, 0.2) is 0 Å². The van der Waals surface area contributed by atoms with E-state index >= 15 is 0 Å². The molecule has 0 aromatic heterocycles. The van der Waals surface area contributed by atoms with Crippen LogP contribution in [-0.4, -0.2) is 12.2 Å². The third kappa shape index (κ3) is 4.43. The number of ether oxygens (including phenoxy) is 1. The standard InChI is InChI=1S/C30H52O/c1-20(2)9-8-10-22(5)26-13-14-27-25-12-11-23-19-24(31-21(3)4)15-17-29(23,6)28(25)16-18-30(26,27)7/h11,20-22,24-28H,8-10,12-19H2,1-7H3/t22-,24-,25+,26-,27+,28+,29-,30+/m0/s1. The molecule has 8 atom stereocenters. The summed E-state index contributed by atoms with van der Waals surface area (Å²) in [5, 5.41) is 0. The molecule has 31 heavy (non-hydrogen) atoms. The summed E-state index contributed by atoms with van der Waals surface area (Å²) >= 11 is 0. The third-order valence-corrected chi connectivity index (χ3v) is 10.7. The lowest BCUT2D eigenvalue weighted by atomic mass is 9.47. The van der Waals surface area contributed by atoms with E-state index in [0.717, 1.165) is 35.5 Å².